The topological polar surface area (TPSA) is 103 Å². The number of amides is 1. The molecule has 28 heavy (non-hydrogen) atoms. The number of nitrogens with zero attached hydrogens (tertiary/aromatic N) is 4. The minimum Gasteiger partial charge on any atom is -0.324 e. The first-order valence-electron chi connectivity index (χ1n) is 7.94. The highest BCUT2D eigenvalue weighted by Crippen LogP contribution is 2.29. The number of thiophene rings is 1. The second kappa shape index (κ2) is 9.00. The van der Waals surface area contributed by atoms with Gasteiger partial charge in [0.1, 0.15) is 0 Å². The molecule has 0 unspecified atom stereocenters. The smallest absolute Gasteiger partial charge is 0.271 e. The molecule has 0 spiro atoms. The molecule has 0 bridgehead atoms. The number of rotatable bonds is 8. The number of carbonyl (C=O) groups excluding carboxylic acids is 1. The van der Waals surface area contributed by atoms with Gasteiger partial charge in [-0.2, -0.15) is 0 Å². The van der Waals surface area contributed by atoms with Crippen LogP contribution in [0.25, 0.3) is 10.7 Å². The average Bonchev–Trinajstić information content (AvgIpc) is 3.31. The average molecular weight is 436 g/mol. The molecule has 0 saturated carbocycles. The Hall–Kier alpha value is -2.69. The zero-order valence-electron chi connectivity index (χ0n) is 14.4. The highest BCUT2D eigenvalue weighted by molar-refractivity contribution is 7.99. The number of nitro benzene ring substituents is 1. The Morgan fingerprint density at radius 1 is 1.43 bits per heavy atom. The Morgan fingerprint density at radius 2 is 2.25 bits per heavy atom. The summed E-state index contributed by atoms with van der Waals surface area (Å²) < 4.78 is 1.88. The summed E-state index contributed by atoms with van der Waals surface area (Å²) in [5.41, 5.74) is 0.167. The Morgan fingerprint density at radius 3 is 2.89 bits per heavy atom. The molecule has 0 aliphatic heterocycles. The molecule has 0 radical (unpaired) electrons. The number of carbonyl (C=O) groups is 1. The first-order valence-corrected chi connectivity index (χ1v) is 10.2. The molecule has 3 rings (SSSR count). The first kappa shape index (κ1) is 20.1. The summed E-state index contributed by atoms with van der Waals surface area (Å²) in [5, 5.41) is 24.4. The molecule has 0 aliphatic carbocycles. The number of hydrogen-bond donors (Lipinski definition) is 1. The molecule has 2 aromatic heterocycles. The molecule has 8 nitrogen and oxygen atoms in total. The van der Waals surface area contributed by atoms with Gasteiger partial charge < -0.3 is 5.32 Å². The number of aromatic nitrogens is 3. The van der Waals surface area contributed by atoms with Gasteiger partial charge in [-0.25, -0.2) is 0 Å². The lowest BCUT2D eigenvalue weighted by molar-refractivity contribution is -0.384. The quantitative estimate of drug-likeness (QED) is 0.242. The van der Waals surface area contributed by atoms with Crippen LogP contribution in [0.3, 0.4) is 0 Å². The Bertz CT molecular complexity index is 1020. The third-order valence-electron chi connectivity index (χ3n) is 3.54. The molecule has 144 valence electrons. The number of nitro groups is 1. The van der Waals surface area contributed by atoms with Crippen LogP contribution < -0.4 is 5.32 Å². The van der Waals surface area contributed by atoms with Crippen LogP contribution in [-0.4, -0.2) is 31.3 Å². The van der Waals surface area contributed by atoms with Crippen molar-refractivity contribution in [3.05, 3.63) is 63.5 Å². The van der Waals surface area contributed by atoms with Crippen molar-refractivity contribution < 1.29 is 9.72 Å². The standard InChI is InChI=1S/C17H14ClN5O3S2/c1-2-7-22-16(14-4-3-8-27-14)20-21-17(22)28-10-15(24)19-13-6-5-11(23(25)26)9-12(13)18/h2-6,8-9H,1,7,10H2,(H,19,24). The van der Waals surface area contributed by atoms with Crippen molar-refractivity contribution in [2.24, 2.45) is 0 Å². The van der Waals surface area contributed by atoms with Gasteiger partial charge >= 0.3 is 0 Å². The highest BCUT2D eigenvalue weighted by Gasteiger charge is 2.16. The lowest BCUT2D eigenvalue weighted by Crippen LogP contribution is -2.15. The minimum absolute atomic E-state index is 0.0764. The molecule has 3 aromatic rings. The van der Waals surface area contributed by atoms with Gasteiger partial charge in [-0.15, -0.1) is 28.1 Å². The third kappa shape index (κ3) is 4.58. The van der Waals surface area contributed by atoms with E-state index in [1.54, 1.807) is 17.4 Å². The zero-order valence-corrected chi connectivity index (χ0v) is 16.8. The van der Waals surface area contributed by atoms with Crippen LogP contribution >= 0.6 is 34.7 Å². The van der Waals surface area contributed by atoms with Crippen LogP contribution in [0.15, 0.2) is 53.5 Å². The van der Waals surface area contributed by atoms with Crippen molar-refractivity contribution >= 4 is 52.0 Å². The zero-order chi connectivity index (χ0) is 20.1. The molecule has 11 heteroatoms. The molecule has 2 heterocycles. The van der Waals surface area contributed by atoms with Gasteiger partial charge in [-0.3, -0.25) is 19.5 Å². The summed E-state index contributed by atoms with van der Waals surface area (Å²) in [6.07, 6.45) is 1.74. The number of thioether (sulfide) groups is 1. The SMILES string of the molecule is C=CCn1c(SCC(=O)Nc2ccc([N+](=O)[O-])cc2Cl)nnc1-c1cccs1. The predicted octanol–water partition coefficient (Wildman–Crippen LogP) is 4.49. The van der Waals surface area contributed by atoms with E-state index in [-0.39, 0.29) is 22.4 Å². The molecular weight excluding hydrogens is 422 g/mol. The van der Waals surface area contributed by atoms with E-state index >= 15 is 0 Å². The summed E-state index contributed by atoms with van der Waals surface area (Å²) in [5.74, 6) is 0.482. The van der Waals surface area contributed by atoms with Crippen LogP contribution in [-0.2, 0) is 11.3 Å². The van der Waals surface area contributed by atoms with Crippen molar-refractivity contribution in [1.29, 1.82) is 0 Å². The fourth-order valence-electron chi connectivity index (χ4n) is 2.31. The van der Waals surface area contributed by atoms with Crippen molar-refractivity contribution in [3.8, 4) is 10.7 Å². The monoisotopic (exact) mass is 435 g/mol. The predicted molar refractivity (Wildman–Crippen MR) is 111 cm³/mol. The molecule has 1 aromatic carbocycles. The maximum atomic E-state index is 12.3. The van der Waals surface area contributed by atoms with E-state index in [9.17, 15) is 14.9 Å². The van der Waals surface area contributed by atoms with Gasteiger partial charge in [0, 0.05) is 18.7 Å². The fraction of sp³-hybridized carbons (Fsp3) is 0.118. The molecule has 0 aliphatic rings. The number of non-ortho nitro benzene ring substituents is 1. The minimum atomic E-state index is -0.551. The highest BCUT2D eigenvalue weighted by atomic mass is 35.5. The summed E-state index contributed by atoms with van der Waals surface area (Å²) in [6, 6.07) is 7.76. The summed E-state index contributed by atoms with van der Waals surface area (Å²) in [4.78, 5) is 23.4. The molecule has 0 atom stereocenters. The van der Waals surface area contributed by atoms with Gasteiger partial charge in [-0.05, 0) is 17.5 Å². The van der Waals surface area contributed by atoms with E-state index in [4.69, 9.17) is 11.6 Å². The summed E-state index contributed by atoms with van der Waals surface area (Å²) >= 11 is 8.78. The third-order valence-corrected chi connectivity index (χ3v) is 5.69. The van der Waals surface area contributed by atoms with E-state index in [1.807, 2.05) is 22.1 Å². The Labute approximate surface area is 173 Å². The number of anilines is 1. The van der Waals surface area contributed by atoms with Crippen molar-refractivity contribution in [1.82, 2.24) is 14.8 Å². The number of halogens is 1. The number of hydrogen-bond acceptors (Lipinski definition) is 7. The maximum Gasteiger partial charge on any atom is 0.271 e. The lowest BCUT2D eigenvalue weighted by Gasteiger charge is -2.08. The van der Waals surface area contributed by atoms with E-state index in [0.29, 0.717) is 17.4 Å². The van der Waals surface area contributed by atoms with Crippen LogP contribution in [0.1, 0.15) is 0 Å². The van der Waals surface area contributed by atoms with Crippen LogP contribution in [0, 0.1) is 10.1 Å². The van der Waals surface area contributed by atoms with Crippen molar-refractivity contribution in [3.63, 3.8) is 0 Å². The van der Waals surface area contributed by atoms with Crippen LogP contribution in [0.5, 0.6) is 0 Å². The van der Waals surface area contributed by atoms with E-state index in [0.717, 1.165) is 10.7 Å². The molecular formula is C17H14ClN5O3S2. The largest absolute Gasteiger partial charge is 0.324 e. The van der Waals surface area contributed by atoms with Gasteiger partial charge in [0.2, 0.25) is 5.91 Å². The maximum absolute atomic E-state index is 12.3. The van der Waals surface area contributed by atoms with E-state index in [1.165, 1.54) is 30.0 Å². The van der Waals surface area contributed by atoms with Crippen molar-refractivity contribution in [2.45, 2.75) is 11.7 Å². The second-order valence-electron chi connectivity index (χ2n) is 5.44. The van der Waals surface area contributed by atoms with Gasteiger partial charge in [0.15, 0.2) is 11.0 Å². The van der Waals surface area contributed by atoms with Gasteiger partial charge in [-0.1, -0.05) is 35.5 Å². The Kier molecular flexibility index (Phi) is 6.45. The van der Waals surface area contributed by atoms with E-state index < -0.39 is 4.92 Å². The molecule has 1 N–H and O–H groups in total. The normalized spacial score (nSPS) is 10.6. The molecule has 0 saturated heterocycles. The van der Waals surface area contributed by atoms with Gasteiger partial charge in [0.05, 0.1) is 26.3 Å². The first-order chi connectivity index (χ1) is 13.5. The van der Waals surface area contributed by atoms with Crippen LogP contribution in [0.2, 0.25) is 5.02 Å². The summed E-state index contributed by atoms with van der Waals surface area (Å²) in [6.45, 7) is 4.27. The number of benzene rings is 1. The molecule has 0 fully saturated rings. The number of allylic oxidation sites excluding steroid dienone is 1. The Balaban J connectivity index is 1.68. The summed E-state index contributed by atoms with van der Waals surface area (Å²) in [7, 11) is 0. The molecule has 1 amide bonds. The van der Waals surface area contributed by atoms with Gasteiger partial charge in [0.25, 0.3) is 5.69 Å². The van der Waals surface area contributed by atoms with Crippen molar-refractivity contribution in [2.75, 3.05) is 11.1 Å². The van der Waals surface area contributed by atoms with E-state index in [2.05, 4.69) is 22.1 Å². The lowest BCUT2D eigenvalue weighted by atomic mass is 10.3. The fourth-order valence-corrected chi connectivity index (χ4v) is 4.00. The van der Waals surface area contributed by atoms with Crippen LogP contribution in [0.4, 0.5) is 11.4 Å². The number of nitrogens with one attached hydrogen (secondary N) is 1. The second-order valence-corrected chi connectivity index (χ2v) is 7.74.